The summed E-state index contributed by atoms with van der Waals surface area (Å²) < 4.78 is 34.5. The van der Waals surface area contributed by atoms with Gasteiger partial charge in [-0.25, -0.2) is 0 Å². The summed E-state index contributed by atoms with van der Waals surface area (Å²) in [7, 11) is 0. The van der Waals surface area contributed by atoms with Crippen LogP contribution in [0.5, 0.6) is 11.5 Å². The standard InChI is InChI=1S/C24H28F2N2O4/c1-17(18-9-11-21(12-10-18)32-24(25)26)27-23(30)19-6-5-14-28(16-19)22(29)13-15-31-20-7-3-2-4-8-20/h2-4,7-12,17,19,24H,5-6,13-16H2,1H3,(H,27,30). The molecule has 6 nitrogen and oxygen atoms in total. The van der Waals surface area contributed by atoms with Gasteiger partial charge in [-0.15, -0.1) is 0 Å². The number of hydrogen-bond acceptors (Lipinski definition) is 4. The highest BCUT2D eigenvalue weighted by Crippen LogP contribution is 2.22. The van der Waals surface area contributed by atoms with Gasteiger partial charge < -0.3 is 19.7 Å². The van der Waals surface area contributed by atoms with Crippen LogP contribution in [0.3, 0.4) is 0 Å². The van der Waals surface area contributed by atoms with Crippen LogP contribution in [-0.4, -0.2) is 43.0 Å². The number of nitrogens with one attached hydrogen (secondary N) is 1. The molecule has 1 heterocycles. The Bertz CT molecular complexity index is 877. The van der Waals surface area contributed by atoms with Gasteiger partial charge in [-0.1, -0.05) is 30.3 Å². The fourth-order valence-electron chi connectivity index (χ4n) is 3.70. The van der Waals surface area contributed by atoms with Crippen LogP contribution in [0.1, 0.15) is 37.8 Å². The van der Waals surface area contributed by atoms with Crippen LogP contribution in [0.15, 0.2) is 54.6 Å². The number of alkyl halides is 2. The first kappa shape index (κ1) is 23.5. The van der Waals surface area contributed by atoms with E-state index in [-0.39, 0.29) is 35.9 Å². The minimum absolute atomic E-state index is 0.0268. The van der Waals surface area contributed by atoms with Crippen LogP contribution in [0.25, 0.3) is 0 Å². The molecule has 0 aliphatic carbocycles. The Morgan fingerprint density at radius 2 is 1.81 bits per heavy atom. The third kappa shape index (κ3) is 6.93. The topological polar surface area (TPSA) is 67.9 Å². The van der Waals surface area contributed by atoms with Gasteiger partial charge in [0, 0.05) is 13.1 Å². The quantitative estimate of drug-likeness (QED) is 0.628. The highest BCUT2D eigenvalue weighted by atomic mass is 19.3. The number of benzene rings is 2. The Kier molecular flexibility index (Phi) is 8.41. The summed E-state index contributed by atoms with van der Waals surface area (Å²) in [5, 5.41) is 2.96. The van der Waals surface area contributed by atoms with Crippen LogP contribution < -0.4 is 14.8 Å². The molecular weight excluding hydrogens is 418 g/mol. The SMILES string of the molecule is CC(NC(=O)C1CCCN(C(=O)CCOc2ccccc2)C1)c1ccc(OC(F)F)cc1. The largest absolute Gasteiger partial charge is 0.493 e. The van der Waals surface area contributed by atoms with E-state index in [1.807, 2.05) is 37.3 Å². The number of amides is 2. The van der Waals surface area contributed by atoms with E-state index in [1.54, 1.807) is 17.0 Å². The zero-order chi connectivity index (χ0) is 22.9. The number of piperidine rings is 1. The first-order valence-corrected chi connectivity index (χ1v) is 10.7. The molecule has 2 unspecified atom stereocenters. The third-order valence-electron chi connectivity index (χ3n) is 5.44. The minimum Gasteiger partial charge on any atom is -0.493 e. The molecule has 0 spiro atoms. The summed E-state index contributed by atoms with van der Waals surface area (Å²) in [4.78, 5) is 27.0. The Balaban J connectivity index is 1.46. The van der Waals surface area contributed by atoms with Crippen molar-refractivity contribution in [3.8, 4) is 11.5 Å². The van der Waals surface area contributed by atoms with Crippen molar-refractivity contribution in [2.45, 2.75) is 38.8 Å². The third-order valence-corrected chi connectivity index (χ3v) is 5.44. The molecule has 3 rings (SSSR count). The van der Waals surface area contributed by atoms with Gasteiger partial charge in [0.25, 0.3) is 0 Å². The lowest BCUT2D eigenvalue weighted by atomic mass is 9.96. The average Bonchev–Trinajstić information content (AvgIpc) is 2.80. The van der Waals surface area contributed by atoms with Gasteiger partial charge in [-0.05, 0) is 49.6 Å². The van der Waals surface area contributed by atoms with Crippen LogP contribution in [0, 0.1) is 5.92 Å². The second-order valence-electron chi connectivity index (χ2n) is 7.77. The van der Waals surface area contributed by atoms with E-state index >= 15 is 0 Å². The van der Waals surface area contributed by atoms with Crippen molar-refractivity contribution in [3.05, 3.63) is 60.2 Å². The highest BCUT2D eigenvalue weighted by Gasteiger charge is 2.29. The number of nitrogens with zero attached hydrogens (tertiary/aromatic N) is 1. The molecule has 1 saturated heterocycles. The number of para-hydroxylation sites is 1. The maximum absolute atomic E-state index is 12.8. The molecule has 1 N–H and O–H groups in total. The molecule has 0 radical (unpaired) electrons. The van der Waals surface area contributed by atoms with Crippen LogP contribution in [0.2, 0.25) is 0 Å². The number of carbonyl (C=O) groups excluding carboxylic acids is 2. The summed E-state index contributed by atoms with van der Waals surface area (Å²) in [6, 6.07) is 15.2. The zero-order valence-electron chi connectivity index (χ0n) is 18.0. The van der Waals surface area contributed by atoms with Crippen molar-refractivity contribution in [2.75, 3.05) is 19.7 Å². The number of ether oxygens (including phenoxy) is 2. The fraction of sp³-hybridized carbons (Fsp3) is 0.417. The van der Waals surface area contributed by atoms with Gasteiger partial charge >= 0.3 is 6.61 Å². The molecule has 2 aromatic carbocycles. The first-order chi connectivity index (χ1) is 15.4. The molecule has 0 bridgehead atoms. The van der Waals surface area contributed by atoms with Crippen molar-refractivity contribution in [1.82, 2.24) is 10.2 Å². The summed E-state index contributed by atoms with van der Waals surface area (Å²) in [6.45, 7) is 0.255. The van der Waals surface area contributed by atoms with Crippen molar-refractivity contribution in [1.29, 1.82) is 0 Å². The number of halogens is 2. The molecular formula is C24H28F2N2O4. The summed E-state index contributed by atoms with van der Waals surface area (Å²) in [6.07, 6.45) is 1.73. The number of rotatable bonds is 9. The van der Waals surface area contributed by atoms with E-state index in [4.69, 9.17) is 4.74 Å². The van der Waals surface area contributed by atoms with E-state index in [9.17, 15) is 18.4 Å². The maximum Gasteiger partial charge on any atom is 0.387 e. The van der Waals surface area contributed by atoms with E-state index in [1.165, 1.54) is 12.1 Å². The van der Waals surface area contributed by atoms with Crippen molar-refractivity contribution < 1.29 is 27.8 Å². The predicted molar refractivity (Wildman–Crippen MR) is 115 cm³/mol. The molecule has 0 aromatic heterocycles. The van der Waals surface area contributed by atoms with Crippen molar-refractivity contribution in [2.24, 2.45) is 5.92 Å². The van der Waals surface area contributed by atoms with E-state index in [0.29, 0.717) is 26.1 Å². The molecule has 2 aromatic rings. The van der Waals surface area contributed by atoms with Crippen molar-refractivity contribution in [3.63, 3.8) is 0 Å². The summed E-state index contributed by atoms with van der Waals surface area (Å²) >= 11 is 0. The molecule has 2 amide bonds. The van der Waals surface area contributed by atoms with Gasteiger partial charge in [0.2, 0.25) is 11.8 Å². The number of carbonyl (C=O) groups is 2. The lowest BCUT2D eigenvalue weighted by molar-refractivity contribution is -0.136. The fourth-order valence-corrected chi connectivity index (χ4v) is 3.70. The van der Waals surface area contributed by atoms with E-state index in [2.05, 4.69) is 10.1 Å². The normalized spacial score (nSPS) is 17.0. The molecule has 1 aliphatic rings. The molecule has 1 fully saturated rings. The Morgan fingerprint density at radius 1 is 1.09 bits per heavy atom. The summed E-state index contributed by atoms with van der Waals surface area (Å²) in [5.74, 6) is 0.357. The molecule has 32 heavy (non-hydrogen) atoms. The maximum atomic E-state index is 12.8. The second-order valence-corrected chi connectivity index (χ2v) is 7.77. The smallest absolute Gasteiger partial charge is 0.387 e. The van der Waals surface area contributed by atoms with Crippen LogP contribution in [0.4, 0.5) is 8.78 Å². The summed E-state index contributed by atoms with van der Waals surface area (Å²) in [5.41, 5.74) is 0.779. The highest BCUT2D eigenvalue weighted by molar-refractivity contribution is 5.81. The molecule has 2 atom stereocenters. The molecule has 8 heteroatoms. The number of likely N-dealkylation sites (tertiary alicyclic amines) is 1. The predicted octanol–water partition coefficient (Wildman–Crippen LogP) is 4.17. The monoisotopic (exact) mass is 446 g/mol. The van der Waals surface area contributed by atoms with Crippen molar-refractivity contribution >= 4 is 11.8 Å². The van der Waals surface area contributed by atoms with Gasteiger partial charge in [0.05, 0.1) is 25.0 Å². The van der Waals surface area contributed by atoms with Gasteiger partial charge in [0.15, 0.2) is 0 Å². The Labute approximate surface area is 186 Å². The van der Waals surface area contributed by atoms with Gasteiger partial charge in [-0.2, -0.15) is 8.78 Å². The van der Waals surface area contributed by atoms with E-state index < -0.39 is 6.61 Å². The van der Waals surface area contributed by atoms with E-state index in [0.717, 1.165) is 17.7 Å². The zero-order valence-corrected chi connectivity index (χ0v) is 18.0. The first-order valence-electron chi connectivity index (χ1n) is 10.7. The molecule has 0 saturated carbocycles. The van der Waals surface area contributed by atoms with Crippen LogP contribution in [-0.2, 0) is 9.59 Å². The average molecular weight is 446 g/mol. The Hall–Kier alpha value is -3.16. The second kappa shape index (κ2) is 11.5. The van der Waals surface area contributed by atoms with Gasteiger partial charge in [-0.3, -0.25) is 9.59 Å². The van der Waals surface area contributed by atoms with Gasteiger partial charge in [0.1, 0.15) is 11.5 Å². The lowest BCUT2D eigenvalue weighted by Crippen LogP contribution is -2.46. The number of hydrogen-bond donors (Lipinski definition) is 1. The molecule has 172 valence electrons. The lowest BCUT2D eigenvalue weighted by Gasteiger charge is -2.32. The van der Waals surface area contributed by atoms with Crippen LogP contribution >= 0.6 is 0 Å². The molecule has 1 aliphatic heterocycles. The minimum atomic E-state index is -2.88. The Morgan fingerprint density at radius 3 is 2.50 bits per heavy atom.